The number of H-pyrrole nitrogens is 1. The van der Waals surface area contributed by atoms with Crippen molar-refractivity contribution in [3.8, 4) is 17.5 Å². The van der Waals surface area contributed by atoms with Gasteiger partial charge in [-0.3, -0.25) is 4.79 Å². The first-order chi connectivity index (χ1) is 14.5. The average molecular weight is 413 g/mol. The number of benzene rings is 2. The van der Waals surface area contributed by atoms with Crippen LogP contribution in [-0.4, -0.2) is 25.8 Å². The molecule has 0 radical (unpaired) electrons. The van der Waals surface area contributed by atoms with Gasteiger partial charge in [0, 0.05) is 23.5 Å². The second-order valence-electron chi connectivity index (χ2n) is 6.45. The number of nitrogens with zero attached hydrogens (tertiary/aromatic N) is 3. The van der Waals surface area contributed by atoms with E-state index < -0.39 is 0 Å². The molecule has 2 aromatic carbocycles. The zero-order valence-electron chi connectivity index (χ0n) is 15.5. The van der Waals surface area contributed by atoms with Crippen LogP contribution in [0.25, 0.3) is 28.5 Å². The normalized spacial score (nSPS) is 10.9. The number of anilines is 1. The molecule has 0 saturated heterocycles. The first-order valence-electron chi connectivity index (χ1n) is 8.93. The third-order valence-electron chi connectivity index (χ3n) is 4.41. The van der Waals surface area contributed by atoms with Gasteiger partial charge in [-0.15, -0.1) is 0 Å². The molecular formula is C22H15N5O2S. The van der Waals surface area contributed by atoms with Gasteiger partial charge in [0.1, 0.15) is 10.2 Å². The van der Waals surface area contributed by atoms with Gasteiger partial charge in [-0.25, -0.2) is 4.98 Å². The Bertz CT molecular complexity index is 1360. The van der Waals surface area contributed by atoms with Gasteiger partial charge in [0.15, 0.2) is 5.82 Å². The van der Waals surface area contributed by atoms with Crippen LogP contribution in [0.15, 0.2) is 66.9 Å². The minimum atomic E-state index is -0.274. The van der Waals surface area contributed by atoms with E-state index in [2.05, 4.69) is 15.3 Å². The second kappa shape index (κ2) is 8.03. The number of hydrogen-bond donors (Lipinski definition) is 3. The number of carbonyl (C=O) groups is 1. The van der Waals surface area contributed by atoms with Crippen molar-refractivity contribution in [1.82, 2.24) is 14.7 Å². The highest BCUT2D eigenvalue weighted by Crippen LogP contribution is 2.25. The van der Waals surface area contributed by atoms with Gasteiger partial charge in [0.25, 0.3) is 0 Å². The number of hydrogen-bond acceptors (Lipinski definition) is 5. The van der Waals surface area contributed by atoms with Crippen molar-refractivity contribution in [2.75, 3.05) is 5.32 Å². The van der Waals surface area contributed by atoms with E-state index in [0.29, 0.717) is 38.3 Å². The molecule has 0 bridgehead atoms. The van der Waals surface area contributed by atoms with E-state index in [1.165, 1.54) is 6.08 Å². The third-order valence-corrected chi connectivity index (χ3v) is 4.66. The summed E-state index contributed by atoms with van der Waals surface area (Å²) in [5, 5.41) is 22.2. The number of imidazole rings is 1. The number of carbonyl (C=O) groups excluding carboxylic acids is 1. The largest absolute Gasteiger partial charge is 0.426 e. The smallest absolute Gasteiger partial charge is 0.248 e. The number of rotatable bonds is 4. The lowest BCUT2D eigenvalue weighted by Gasteiger charge is -2.05. The van der Waals surface area contributed by atoms with Crippen molar-refractivity contribution in [1.29, 1.82) is 5.26 Å². The molecule has 4 rings (SSSR count). The van der Waals surface area contributed by atoms with Crippen molar-refractivity contribution in [3.05, 3.63) is 82.6 Å². The van der Waals surface area contributed by atoms with Gasteiger partial charge in [-0.05, 0) is 60.2 Å². The van der Waals surface area contributed by atoms with Gasteiger partial charge >= 0.3 is 0 Å². The maximum Gasteiger partial charge on any atom is 0.248 e. The van der Waals surface area contributed by atoms with Crippen molar-refractivity contribution >= 4 is 40.9 Å². The van der Waals surface area contributed by atoms with Crippen LogP contribution in [-0.2, 0) is 4.79 Å². The third kappa shape index (κ3) is 3.97. The molecule has 0 fully saturated rings. The Kier molecular flexibility index (Phi) is 5.11. The van der Waals surface area contributed by atoms with Crippen molar-refractivity contribution in [3.63, 3.8) is 0 Å². The summed E-state index contributed by atoms with van der Waals surface area (Å²) in [6, 6.07) is 17.5. The van der Waals surface area contributed by atoms with Crippen LogP contribution in [0.5, 0.6) is 0 Å². The van der Waals surface area contributed by atoms with Crippen LogP contribution in [0, 0.1) is 16.0 Å². The van der Waals surface area contributed by atoms with E-state index in [-0.39, 0.29) is 5.91 Å². The summed E-state index contributed by atoms with van der Waals surface area (Å²) in [6.45, 7) is 0. The van der Waals surface area contributed by atoms with Crippen molar-refractivity contribution < 1.29 is 10.0 Å². The summed E-state index contributed by atoms with van der Waals surface area (Å²) in [4.78, 5) is 19.4. The summed E-state index contributed by atoms with van der Waals surface area (Å²) in [5.74, 6) is 0.0722. The maximum absolute atomic E-state index is 12.1. The fraction of sp³-hybridized carbons (Fsp3) is 0. The summed E-state index contributed by atoms with van der Waals surface area (Å²) in [5.41, 5.74) is 3.57. The van der Waals surface area contributed by atoms with E-state index >= 15 is 0 Å². The Morgan fingerprint density at radius 3 is 2.70 bits per heavy atom. The number of pyridine rings is 1. The lowest BCUT2D eigenvalue weighted by molar-refractivity contribution is -0.111. The molecule has 0 aliphatic carbocycles. The average Bonchev–Trinajstić information content (AvgIpc) is 3.09. The van der Waals surface area contributed by atoms with E-state index in [1.54, 1.807) is 60.8 Å². The molecule has 0 unspecified atom stereocenters. The topological polar surface area (TPSA) is 107 Å². The number of aromatic amines is 1. The number of nitrogens with one attached hydrogen (secondary N) is 2. The predicted octanol–water partition coefficient (Wildman–Crippen LogP) is 4.52. The van der Waals surface area contributed by atoms with E-state index in [0.717, 1.165) is 10.3 Å². The maximum atomic E-state index is 12.1. The molecule has 30 heavy (non-hydrogen) atoms. The highest BCUT2D eigenvalue weighted by atomic mass is 32.1. The summed E-state index contributed by atoms with van der Waals surface area (Å²) in [7, 11) is 0. The highest BCUT2D eigenvalue weighted by molar-refractivity contribution is 7.71. The van der Waals surface area contributed by atoms with Crippen LogP contribution in [0.3, 0.4) is 0 Å². The summed E-state index contributed by atoms with van der Waals surface area (Å²) in [6.07, 6.45) is 4.83. The van der Waals surface area contributed by atoms with Gasteiger partial charge in [-0.2, -0.15) is 9.99 Å². The zero-order chi connectivity index (χ0) is 21.1. The minimum absolute atomic E-state index is 0.274. The molecule has 146 valence electrons. The van der Waals surface area contributed by atoms with Crippen molar-refractivity contribution in [2.45, 2.75) is 0 Å². The minimum Gasteiger partial charge on any atom is -0.426 e. The number of fused-ring (bicyclic) bond motifs is 1. The molecule has 7 nitrogen and oxygen atoms in total. The Morgan fingerprint density at radius 1 is 1.20 bits per heavy atom. The first-order valence-corrected chi connectivity index (χ1v) is 9.34. The molecular weight excluding hydrogens is 398 g/mol. The molecule has 2 aromatic heterocycles. The monoisotopic (exact) mass is 413 g/mol. The Labute approximate surface area is 176 Å². The quantitative estimate of drug-likeness (QED) is 0.259. The van der Waals surface area contributed by atoms with Gasteiger partial charge in [0.2, 0.25) is 5.91 Å². The number of amides is 1. The van der Waals surface area contributed by atoms with Gasteiger partial charge in [0.05, 0.1) is 17.1 Å². The molecule has 4 aromatic rings. The van der Waals surface area contributed by atoms with E-state index in [4.69, 9.17) is 17.5 Å². The second-order valence-corrected chi connectivity index (χ2v) is 6.89. The van der Waals surface area contributed by atoms with Crippen LogP contribution < -0.4 is 5.32 Å². The molecule has 3 N–H and O–H groups in total. The molecule has 0 spiro atoms. The Balaban J connectivity index is 1.50. The molecule has 0 atom stereocenters. The molecule has 0 aliphatic heterocycles. The van der Waals surface area contributed by atoms with Crippen LogP contribution in [0.2, 0.25) is 0 Å². The fourth-order valence-electron chi connectivity index (χ4n) is 2.90. The van der Waals surface area contributed by atoms with Gasteiger partial charge < -0.3 is 15.5 Å². The van der Waals surface area contributed by atoms with E-state index in [1.807, 2.05) is 12.1 Å². The number of nitriles is 1. The molecule has 1 amide bonds. The van der Waals surface area contributed by atoms with Crippen LogP contribution >= 0.6 is 12.2 Å². The standard InChI is InChI=1S/C22H15N5O2S/c23-12-15-1-8-18-19(11-15)27(29)22(26-18)16-4-6-17(7-5-16)25-20(28)9-2-14-3-10-21(30)24-13-14/h1-11,13,29H,(H,24,30)(H,25,28)/b9-2+. The van der Waals surface area contributed by atoms with E-state index in [9.17, 15) is 10.0 Å². The summed E-state index contributed by atoms with van der Waals surface area (Å²) < 4.78 is 1.58. The molecule has 8 heteroatoms. The number of aromatic nitrogens is 3. The van der Waals surface area contributed by atoms with Gasteiger partial charge in [-0.1, -0.05) is 18.3 Å². The molecule has 2 heterocycles. The van der Waals surface area contributed by atoms with Crippen LogP contribution in [0.1, 0.15) is 11.1 Å². The SMILES string of the molecule is N#Cc1ccc2nc(-c3ccc(NC(=O)/C=C/c4ccc(=S)[nH]c4)cc3)n(O)c2c1. The lowest BCUT2D eigenvalue weighted by Crippen LogP contribution is -2.07. The van der Waals surface area contributed by atoms with Crippen LogP contribution in [0.4, 0.5) is 5.69 Å². The Morgan fingerprint density at radius 2 is 2.00 bits per heavy atom. The lowest BCUT2D eigenvalue weighted by atomic mass is 10.2. The van der Waals surface area contributed by atoms with Crippen molar-refractivity contribution in [2.24, 2.45) is 0 Å². The summed E-state index contributed by atoms with van der Waals surface area (Å²) >= 11 is 4.98. The first kappa shape index (κ1) is 19.1. The predicted molar refractivity (Wildman–Crippen MR) is 116 cm³/mol. The molecule has 0 saturated carbocycles. The zero-order valence-corrected chi connectivity index (χ0v) is 16.4. The fourth-order valence-corrected chi connectivity index (χ4v) is 3.03. The molecule has 0 aliphatic rings. The Hall–Kier alpha value is -4.22. The highest BCUT2D eigenvalue weighted by Gasteiger charge is 2.12.